The molecule has 1 heterocycles. The van der Waals surface area contributed by atoms with Crippen LogP contribution in [0.25, 0.3) is 0 Å². The quantitative estimate of drug-likeness (QED) is 0.684. The van der Waals surface area contributed by atoms with Gasteiger partial charge in [0.15, 0.2) is 11.5 Å². The van der Waals surface area contributed by atoms with E-state index in [-0.39, 0.29) is 21.8 Å². The highest BCUT2D eigenvalue weighted by molar-refractivity contribution is 8.15. The van der Waals surface area contributed by atoms with Crippen LogP contribution in [0, 0.1) is 0 Å². The Labute approximate surface area is 180 Å². The summed E-state index contributed by atoms with van der Waals surface area (Å²) in [5, 5.41) is 1.70. The van der Waals surface area contributed by atoms with E-state index >= 15 is 0 Å². The molecule has 2 aromatic rings. The molecule has 0 aromatic heterocycles. The molecule has 4 rings (SSSR count). The van der Waals surface area contributed by atoms with Gasteiger partial charge in [0.1, 0.15) is 5.75 Å². The van der Waals surface area contributed by atoms with Crippen LogP contribution in [0.5, 0.6) is 17.2 Å². The van der Waals surface area contributed by atoms with E-state index in [1.54, 1.807) is 14.2 Å². The molecule has 2 fully saturated rings. The van der Waals surface area contributed by atoms with Crippen LogP contribution in [-0.4, -0.2) is 37.2 Å². The zero-order chi connectivity index (χ0) is 21.1. The number of ether oxygens (including phenoxy) is 3. The van der Waals surface area contributed by atoms with Crippen molar-refractivity contribution in [2.24, 2.45) is 0 Å². The fraction of sp³-hybridized carbons (Fsp3) is 0.391. The Morgan fingerprint density at radius 2 is 1.77 bits per heavy atom. The minimum Gasteiger partial charge on any atom is -0.493 e. The summed E-state index contributed by atoms with van der Waals surface area (Å²) in [6.07, 6.45) is 3.85. The number of hydrogen-bond donors (Lipinski definition) is 1. The van der Waals surface area contributed by atoms with Crippen LogP contribution in [0.4, 0.5) is 4.79 Å². The third kappa shape index (κ3) is 4.12. The molecule has 1 atom stereocenters. The predicted octanol–water partition coefficient (Wildman–Crippen LogP) is 4.10. The van der Waals surface area contributed by atoms with E-state index in [1.165, 1.54) is 12.0 Å². The van der Waals surface area contributed by atoms with Gasteiger partial charge in [0.2, 0.25) is 5.91 Å². The van der Waals surface area contributed by atoms with Crippen molar-refractivity contribution in [2.75, 3.05) is 20.8 Å². The van der Waals surface area contributed by atoms with Gasteiger partial charge in [-0.1, -0.05) is 36.4 Å². The molecule has 1 saturated carbocycles. The molecule has 0 radical (unpaired) electrons. The zero-order valence-corrected chi connectivity index (χ0v) is 17.9. The highest BCUT2D eigenvalue weighted by atomic mass is 32.2. The smallest absolute Gasteiger partial charge is 0.286 e. The first-order valence-electron chi connectivity index (χ1n) is 9.99. The Balaban J connectivity index is 1.41. The molecule has 158 valence electrons. The number of thioether (sulfide) groups is 1. The van der Waals surface area contributed by atoms with Gasteiger partial charge in [-0.15, -0.1) is 0 Å². The van der Waals surface area contributed by atoms with Crippen molar-refractivity contribution >= 4 is 22.9 Å². The molecule has 30 heavy (non-hydrogen) atoms. The van der Waals surface area contributed by atoms with Gasteiger partial charge in [-0.25, -0.2) is 0 Å². The van der Waals surface area contributed by atoms with Crippen molar-refractivity contribution in [3.8, 4) is 17.2 Å². The molecule has 0 bridgehead atoms. The number of benzene rings is 2. The van der Waals surface area contributed by atoms with Gasteiger partial charge in [0, 0.05) is 5.41 Å². The maximum atomic E-state index is 11.7. The largest absolute Gasteiger partial charge is 0.493 e. The average molecular weight is 428 g/mol. The zero-order valence-electron chi connectivity index (χ0n) is 17.1. The summed E-state index contributed by atoms with van der Waals surface area (Å²) < 4.78 is 17.0. The molecule has 2 aromatic carbocycles. The lowest BCUT2D eigenvalue weighted by molar-refractivity contribution is -0.118. The van der Waals surface area contributed by atoms with E-state index in [0.29, 0.717) is 13.0 Å². The molecule has 7 heteroatoms. The van der Waals surface area contributed by atoms with Gasteiger partial charge >= 0.3 is 0 Å². The molecule has 1 N–H and O–H groups in total. The second-order valence-electron chi connectivity index (χ2n) is 7.72. The number of rotatable bonds is 8. The number of methoxy groups -OCH3 is 2. The van der Waals surface area contributed by atoms with E-state index in [2.05, 4.69) is 17.4 Å². The number of carbonyl (C=O) groups is 2. The van der Waals surface area contributed by atoms with Crippen LogP contribution in [0.15, 0.2) is 42.5 Å². The van der Waals surface area contributed by atoms with Crippen molar-refractivity contribution < 1.29 is 23.8 Å². The lowest BCUT2D eigenvalue weighted by Gasteiger charge is -2.42. The second-order valence-corrected chi connectivity index (χ2v) is 8.90. The average Bonchev–Trinajstić information content (AvgIpc) is 3.04. The monoisotopic (exact) mass is 427 g/mol. The third-order valence-corrected chi connectivity index (χ3v) is 6.91. The topological polar surface area (TPSA) is 73.9 Å². The number of nitrogens with one attached hydrogen (secondary N) is 1. The molecule has 1 aliphatic carbocycles. The fourth-order valence-corrected chi connectivity index (χ4v) is 4.83. The van der Waals surface area contributed by atoms with Crippen molar-refractivity contribution in [2.45, 2.75) is 36.3 Å². The van der Waals surface area contributed by atoms with E-state index in [1.807, 2.05) is 30.3 Å². The van der Waals surface area contributed by atoms with Crippen molar-refractivity contribution in [3.63, 3.8) is 0 Å². The van der Waals surface area contributed by atoms with Crippen LogP contribution >= 0.6 is 11.8 Å². The minimum atomic E-state index is -0.354. The summed E-state index contributed by atoms with van der Waals surface area (Å²) in [5.74, 6) is 2.04. The van der Waals surface area contributed by atoms with E-state index in [0.717, 1.165) is 47.4 Å². The molecule has 0 spiro atoms. The Morgan fingerprint density at radius 3 is 2.33 bits per heavy atom. The summed E-state index contributed by atoms with van der Waals surface area (Å²) in [7, 11) is 3.29. The molecule has 6 nitrogen and oxygen atoms in total. The molecular weight excluding hydrogens is 402 g/mol. The Hall–Kier alpha value is -2.67. The first-order valence-corrected chi connectivity index (χ1v) is 10.9. The lowest BCUT2D eigenvalue weighted by atomic mass is 9.65. The number of amides is 2. The third-order valence-electron chi connectivity index (χ3n) is 5.93. The van der Waals surface area contributed by atoms with Crippen molar-refractivity contribution in [1.29, 1.82) is 0 Å². The lowest BCUT2D eigenvalue weighted by Crippen LogP contribution is -2.40. The number of carbonyl (C=O) groups excluding carboxylic acids is 2. The Bertz CT molecular complexity index is 939. The Kier molecular flexibility index (Phi) is 5.90. The van der Waals surface area contributed by atoms with Crippen molar-refractivity contribution in [3.05, 3.63) is 53.6 Å². The summed E-state index contributed by atoms with van der Waals surface area (Å²) in [6.45, 7) is 0.594. The standard InChI is InChI=1S/C23H25NO5S/c1-27-18-9-6-16(13-19(18)28-2)23(10-3-11-23)14-29-17-7-4-15(5-8-17)12-20-21(25)24-22(26)30-20/h4-9,13,20H,3,10-12,14H2,1-2H3,(H,24,25,26). The molecule has 1 aliphatic heterocycles. The number of imide groups is 1. The fourth-order valence-electron chi connectivity index (χ4n) is 3.97. The molecule has 2 amide bonds. The summed E-state index contributed by atoms with van der Waals surface area (Å²) in [5.41, 5.74) is 2.19. The van der Waals surface area contributed by atoms with Crippen molar-refractivity contribution in [1.82, 2.24) is 5.32 Å². The predicted molar refractivity (Wildman–Crippen MR) is 116 cm³/mol. The van der Waals surface area contributed by atoms with Gasteiger partial charge < -0.3 is 14.2 Å². The van der Waals surface area contributed by atoms with E-state index in [9.17, 15) is 9.59 Å². The summed E-state index contributed by atoms with van der Waals surface area (Å²) >= 11 is 1.05. The van der Waals surface area contributed by atoms with Gasteiger partial charge in [-0.3, -0.25) is 14.9 Å². The number of hydrogen-bond acceptors (Lipinski definition) is 6. The summed E-state index contributed by atoms with van der Waals surface area (Å²) in [4.78, 5) is 23.0. The molecule has 2 aliphatic rings. The van der Waals surface area contributed by atoms with Crippen LogP contribution in [0.1, 0.15) is 30.4 Å². The highest BCUT2D eigenvalue weighted by Crippen LogP contribution is 2.46. The SMILES string of the molecule is COc1ccc(C2(COc3ccc(CC4SC(=O)NC4=O)cc3)CCC2)cc1OC. The highest BCUT2D eigenvalue weighted by Gasteiger charge is 2.40. The normalized spacial score (nSPS) is 19.7. The van der Waals surface area contributed by atoms with Gasteiger partial charge in [0.25, 0.3) is 5.24 Å². The maximum Gasteiger partial charge on any atom is 0.286 e. The first kappa shape index (κ1) is 20.6. The van der Waals surface area contributed by atoms with Crippen LogP contribution in [0.2, 0.25) is 0 Å². The van der Waals surface area contributed by atoms with Gasteiger partial charge in [0.05, 0.1) is 26.1 Å². The van der Waals surface area contributed by atoms with Gasteiger partial charge in [-0.05, 0) is 54.7 Å². The molecule has 1 unspecified atom stereocenters. The van der Waals surface area contributed by atoms with Crippen LogP contribution in [0.3, 0.4) is 0 Å². The molecule has 1 saturated heterocycles. The van der Waals surface area contributed by atoms with E-state index < -0.39 is 0 Å². The van der Waals surface area contributed by atoms with Crippen LogP contribution in [-0.2, 0) is 16.6 Å². The minimum absolute atomic E-state index is 0.0167. The molecular formula is C23H25NO5S. The summed E-state index contributed by atoms with van der Waals surface area (Å²) in [6, 6.07) is 13.9. The first-order chi connectivity index (χ1) is 14.5. The Morgan fingerprint density at radius 1 is 1.03 bits per heavy atom. The van der Waals surface area contributed by atoms with Gasteiger partial charge in [-0.2, -0.15) is 0 Å². The maximum absolute atomic E-state index is 11.7. The second kappa shape index (κ2) is 8.60. The van der Waals surface area contributed by atoms with E-state index in [4.69, 9.17) is 14.2 Å². The van der Waals surface area contributed by atoms with Crippen LogP contribution < -0.4 is 19.5 Å².